The average molecular weight is 184 g/mol. The molecule has 9 heavy (non-hydrogen) atoms. The van der Waals surface area contributed by atoms with Crippen LogP contribution in [-0.4, -0.2) is 22.0 Å². The topological polar surface area (TPSA) is 20.2 Å². The van der Waals surface area contributed by atoms with E-state index in [2.05, 4.69) is 0 Å². The van der Waals surface area contributed by atoms with Crippen LogP contribution in [0.1, 0.15) is 5.56 Å². The van der Waals surface area contributed by atoms with E-state index < -0.39 is 0 Å². The normalized spacial score (nSPS) is 9.56. The van der Waals surface area contributed by atoms with Crippen LogP contribution >= 0.6 is 0 Å². The molecule has 0 heterocycles. The molecule has 0 spiro atoms. The van der Waals surface area contributed by atoms with Crippen LogP contribution in [0.5, 0.6) is 0 Å². The molecule has 1 rings (SSSR count). The van der Waals surface area contributed by atoms with E-state index in [1.165, 1.54) is 4.35 Å². The standard InChI is InChI=1S/C7H9AsO/c8-7-4-2-1-3-6(7)5-9/h1-4,9H,5,8H2. The van der Waals surface area contributed by atoms with Crippen LogP contribution in [0, 0.1) is 0 Å². The molecule has 0 saturated heterocycles. The monoisotopic (exact) mass is 184 g/mol. The minimum absolute atomic E-state index is 0.161. The fraction of sp³-hybridized carbons (Fsp3) is 0.143. The average Bonchev–Trinajstić information content (AvgIpc) is 1.89. The van der Waals surface area contributed by atoms with E-state index >= 15 is 0 Å². The van der Waals surface area contributed by atoms with Gasteiger partial charge < -0.3 is 0 Å². The molecule has 0 aliphatic rings. The molecule has 0 saturated carbocycles. The van der Waals surface area contributed by atoms with E-state index in [1.807, 2.05) is 24.3 Å². The Labute approximate surface area is 63.2 Å². The van der Waals surface area contributed by atoms with Gasteiger partial charge in [-0.1, -0.05) is 0 Å². The molecule has 1 aromatic rings. The Bertz CT molecular complexity index is 198. The molecule has 0 radical (unpaired) electrons. The minimum atomic E-state index is 0.161. The number of hydrogen-bond donors (Lipinski definition) is 1. The molecule has 0 amide bonds. The third-order valence-electron chi connectivity index (χ3n) is 1.23. The van der Waals surface area contributed by atoms with Gasteiger partial charge in [0.05, 0.1) is 0 Å². The molecule has 0 bridgehead atoms. The number of rotatable bonds is 1. The SMILES string of the molecule is OCc1ccccc1[AsH2]. The summed E-state index contributed by atoms with van der Waals surface area (Å²) < 4.78 is 1.22. The van der Waals surface area contributed by atoms with Crippen molar-refractivity contribution in [1.82, 2.24) is 0 Å². The second-order valence-electron chi connectivity index (χ2n) is 1.86. The van der Waals surface area contributed by atoms with Crippen LogP contribution in [0.2, 0.25) is 0 Å². The summed E-state index contributed by atoms with van der Waals surface area (Å²) in [7, 11) is 0. The molecule has 0 fully saturated rings. The van der Waals surface area contributed by atoms with Crippen molar-refractivity contribution in [2.75, 3.05) is 0 Å². The first-order chi connectivity index (χ1) is 4.34. The molecule has 1 nitrogen and oxygen atoms in total. The van der Waals surface area contributed by atoms with Gasteiger partial charge in [-0.3, -0.25) is 0 Å². The van der Waals surface area contributed by atoms with E-state index in [0.717, 1.165) is 5.56 Å². The van der Waals surface area contributed by atoms with Gasteiger partial charge in [-0.2, -0.15) is 0 Å². The number of aliphatic hydroxyl groups excluding tert-OH is 1. The zero-order chi connectivity index (χ0) is 6.69. The number of aliphatic hydroxyl groups is 1. The molecule has 0 aliphatic carbocycles. The third-order valence-corrected chi connectivity index (χ3v) is 2.41. The predicted octanol–water partition coefficient (Wildman–Crippen LogP) is -0.563. The molecule has 48 valence electrons. The first-order valence-electron chi connectivity index (χ1n) is 2.79. The predicted molar refractivity (Wildman–Crippen MR) is 40.5 cm³/mol. The molecule has 1 unspecified atom stereocenters. The Kier molecular flexibility index (Phi) is 2.32. The van der Waals surface area contributed by atoms with Gasteiger partial charge in [0, 0.05) is 0 Å². The molecule has 1 aromatic carbocycles. The van der Waals surface area contributed by atoms with E-state index in [0.29, 0.717) is 0 Å². The summed E-state index contributed by atoms with van der Waals surface area (Å²) in [4.78, 5) is 0. The summed E-state index contributed by atoms with van der Waals surface area (Å²) in [6, 6.07) is 7.88. The fourth-order valence-corrected chi connectivity index (χ4v) is 1.30. The van der Waals surface area contributed by atoms with Crippen molar-refractivity contribution in [2.24, 2.45) is 0 Å². The Balaban J connectivity index is 3.01. The van der Waals surface area contributed by atoms with E-state index in [-0.39, 0.29) is 6.61 Å². The van der Waals surface area contributed by atoms with Gasteiger partial charge in [-0.25, -0.2) is 0 Å². The molecule has 0 aliphatic heterocycles. The van der Waals surface area contributed by atoms with Gasteiger partial charge in [0.1, 0.15) is 0 Å². The number of benzene rings is 1. The zero-order valence-electron chi connectivity index (χ0n) is 5.04. The first kappa shape index (κ1) is 6.85. The first-order valence-corrected chi connectivity index (χ1v) is 4.00. The van der Waals surface area contributed by atoms with Crippen LogP contribution in [0.15, 0.2) is 24.3 Å². The maximum absolute atomic E-state index is 8.73. The quantitative estimate of drug-likeness (QED) is 0.580. The summed E-state index contributed by atoms with van der Waals surface area (Å²) in [6.07, 6.45) is 0. The summed E-state index contributed by atoms with van der Waals surface area (Å²) in [5, 5.41) is 8.73. The molecule has 1 atom stereocenters. The third kappa shape index (κ3) is 1.57. The second-order valence-corrected chi connectivity index (χ2v) is 3.16. The van der Waals surface area contributed by atoms with Crippen LogP contribution in [0.3, 0.4) is 0 Å². The van der Waals surface area contributed by atoms with E-state index in [4.69, 9.17) is 5.11 Å². The Hall–Kier alpha value is -0.262. The Morgan fingerprint density at radius 3 is 2.44 bits per heavy atom. The molecule has 0 aromatic heterocycles. The van der Waals surface area contributed by atoms with Crippen molar-refractivity contribution in [3.8, 4) is 0 Å². The summed E-state index contributed by atoms with van der Waals surface area (Å²) >= 11 is 1.56. The van der Waals surface area contributed by atoms with Gasteiger partial charge in [0.2, 0.25) is 0 Å². The summed E-state index contributed by atoms with van der Waals surface area (Å²) in [5.41, 5.74) is 1.04. The fourth-order valence-electron chi connectivity index (χ4n) is 0.678. The van der Waals surface area contributed by atoms with Crippen LogP contribution in [-0.2, 0) is 6.61 Å². The maximum atomic E-state index is 8.73. The summed E-state index contributed by atoms with van der Waals surface area (Å²) in [6.45, 7) is 0.161. The van der Waals surface area contributed by atoms with E-state index in [9.17, 15) is 0 Å². The van der Waals surface area contributed by atoms with Crippen molar-refractivity contribution in [1.29, 1.82) is 0 Å². The molecule has 1 N–H and O–H groups in total. The van der Waals surface area contributed by atoms with Crippen molar-refractivity contribution >= 4 is 21.2 Å². The van der Waals surface area contributed by atoms with Gasteiger partial charge in [0.25, 0.3) is 0 Å². The molecule has 2 heteroatoms. The second kappa shape index (κ2) is 3.05. The van der Waals surface area contributed by atoms with Crippen molar-refractivity contribution in [3.63, 3.8) is 0 Å². The van der Waals surface area contributed by atoms with Crippen LogP contribution in [0.4, 0.5) is 0 Å². The van der Waals surface area contributed by atoms with Crippen molar-refractivity contribution in [3.05, 3.63) is 29.8 Å². The number of hydrogen-bond acceptors (Lipinski definition) is 1. The van der Waals surface area contributed by atoms with Crippen molar-refractivity contribution < 1.29 is 5.11 Å². The van der Waals surface area contributed by atoms with Gasteiger partial charge in [0.15, 0.2) is 0 Å². The zero-order valence-corrected chi connectivity index (χ0v) is 7.46. The Morgan fingerprint density at radius 2 is 2.00 bits per heavy atom. The Morgan fingerprint density at radius 1 is 1.33 bits per heavy atom. The van der Waals surface area contributed by atoms with Gasteiger partial charge in [-0.15, -0.1) is 0 Å². The van der Waals surface area contributed by atoms with Gasteiger partial charge >= 0.3 is 62.7 Å². The molecular formula is C7H9AsO. The molecular weight excluding hydrogens is 175 g/mol. The van der Waals surface area contributed by atoms with E-state index in [1.54, 1.807) is 16.9 Å². The summed E-state index contributed by atoms with van der Waals surface area (Å²) in [5.74, 6) is 0. The van der Waals surface area contributed by atoms with Gasteiger partial charge in [-0.05, 0) is 0 Å². The van der Waals surface area contributed by atoms with Crippen LogP contribution in [0.25, 0.3) is 0 Å². The van der Waals surface area contributed by atoms with Crippen LogP contribution < -0.4 is 4.35 Å². The van der Waals surface area contributed by atoms with Crippen molar-refractivity contribution in [2.45, 2.75) is 6.61 Å².